The van der Waals surface area contributed by atoms with E-state index < -0.39 is 12.0 Å². The van der Waals surface area contributed by atoms with Crippen molar-refractivity contribution in [2.75, 3.05) is 13.7 Å². The second kappa shape index (κ2) is 7.27. The third-order valence-electron chi connectivity index (χ3n) is 2.26. The number of hydrogen-bond acceptors (Lipinski definition) is 4. The van der Waals surface area contributed by atoms with Crippen LogP contribution in [0, 0.1) is 0 Å². The van der Waals surface area contributed by atoms with Crippen LogP contribution in [0.4, 0.5) is 0 Å². The molecule has 0 aromatic heterocycles. The lowest BCUT2D eigenvalue weighted by atomic mass is 10.2. The number of nitrogens with two attached hydrogens (primary N) is 1. The van der Waals surface area contributed by atoms with Gasteiger partial charge in [-0.3, -0.25) is 4.79 Å². The summed E-state index contributed by atoms with van der Waals surface area (Å²) in [5.41, 5.74) is 6.38. The van der Waals surface area contributed by atoms with E-state index in [4.69, 9.17) is 26.8 Å². The molecular weight excluding hydrogens is 242 g/mol. The highest BCUT2D eigenvalue weighted by molar-refractivity contribution is 6.31. The molecule has 0 saturated carbocycles. The van der Waals surface area contributed by atoms with Crippen molar-refractivity contribution in [1.82, 2.24) is 0 Å². The summed E-state index contributed by atoms with van der Waals surface area (Å²) in [5, 5.41) is 0.575. The van der Waals surface area contributed by atoms with Crippen molar-refractivity contribution in [2.24, 2.45) is 5.73 Å². The summed E-state index contributed by atoms with van der Waals surface area (Å²) in [7, 11) is 1.56. The van der Waals surface area contributed by atoms with E-state index in [1.807, 2.05) is 12.1 Å². The van der Waals surface area contributed by atoms with Gasteiger partial charge < -0.3 is 15.2 Å². The van der Waals surface area contributed by atoms with E-state index in [2.05, 4.69) is 0 Å². The molecule has 94 valence electrons. The van der Waals surface area contributed by atoms with Crippen molar-refractivity contribution in [3.8, 4) is 0 Å². The molecule has 0 aliphatic rings. The van der Waals surface area contributed by atoms with Gasteiger partial charge in [-0.1, -0.05) is 29.8 Å². The largest absolute Gasteiger partial charge is 0.460 e. The molecular formula is C12H16ClNO3. The lowest BCUT2D eigenvalue weighted by Crippen LogP contribution is -2.33. The molecule has 1 aromatic rings. The quantitative estimate of drug-likeness (QED) is 0.789. The highest BCUT2D eigenvalue weighted by Crippen LogP contribution is 2.15. The molecule has 1 aromatic carbocycles. The fourth-order valence-corrected chi connectivity index (χ4v) is 1.42. The second-order valence-corrected chi connectivity index (χ2v) is 3.99. The molecule has 1 unspecified atom stereocenters. The minimum atomic E-state index is -0.655. The van der Waals surface area contributed by atoms with Crippen molar-refractivity contribution in [3.05, 3.63) is 34.9 Å². The Balaban J connectivity index is 2.40. The average Bonchev–Trinajstić information content (AvgIpc) is 2.34. The van der Waals surface area contributed by atoms with Crippen molar-refractivity contribution < 1.29 is 14.3 Å². The average molecular weight is 258 g/mol. The molecule has 0 saturated heterocycles. The van der Waals surface area contributed by atoms with Crippen LogP contribution in [-0.4, -0.2) is 25.7 Å². The van der Waals surface area contributed by atoms with Gasteiger partial charge in [0.25, 0.3) is 0 Å². The molecule has 0 radical (unpaired) electrons. The molecule has 5 heteroatoms. The Kier molecular flexibility index (Phi) is 5.97. The Hall–Kier alpha value is -1.10. The molecule has 4 nitrogen and oxygen atoms in total. The first-order valence-corrected chi connectivity index (χ1v) is 5.67. The van der Waals surface area contributed by atoms with Gasteiger partial charge in [-0.05, 0) is 12.5 Å². The van der Waals surface area contributed by atoms with E-state index in [-0.39, 0.29) is 6.61 Å². The second-order valence-electron chi connectivity index (χ2n) is 3.59. The van der Waals surface area contributed by atoms with Crippen molar-refractivity contribution in [2.45, 2.75) is 19.1 Å². The third-order valence-corrected chi connectivity index (χ3v) is 2.63. The highest BCUT2D eigenvalue weighted by Gasteiger charge is 2.15. The van der Waals surface area contributed by atoms with Gasteiger partial charge in [0.05, 0.1) is 0 Å². The topological polar surface area (TPSA) is 61.5 Å². The van der Waals surface area contributed by atoms with Crippen LogP contribution in [0.2, 0.25) is 5.02 Å². The van der Waals surface area contributed by atoms with E-state index in [1.165, 1.54) is 0 Å². The number of carbonyl (C=O) groups is 1. The number of rotatable bonds is 6. The standard InChI is InChI=1S/C12H16ClNO3/c1-16-7-6-11(14)12(15)17-8-9-4-2-3-5-10(9)13/h2-5,11H,6-8,14H2,1H3. The number of halogens is 1. The molecule has 0 heterocycles. The molecule has 2 N–H and O–H groups in total. The highest BCUT2D eigenvalue weighted by atomic mass is 35.5. The van der Waals surface area contributed by atoms with Crippen LogP contribution < -0.4 is 5.73 Å². The number of carbonyl (C=O) groups excluding carboxylic acids is 1. The summed E-state index contributed by atoms with van der Waals surface area (Å²) in [5.74, 6) is -0.443. The maximum Gasteiger partial charge on any atom is 0.323 e. The molecule has 0 aliphatic carbocycles. The molecule has 0 amide bonds. The van der Waals surface area contributed by atoms with E-state index in [1.54, 1.807) is 19.2 Å². The van der Waals surface area contributed by atoms with E-state index in [9.17, 15) is 4.79 Å². The molecule has 0 bridgehead atoms. The Labute approximate surface area is 106 Å². The van der Waals surface area contributed by atoms with Gasteiger partial charge in [0.15, 0.2) is 0 Å². The predicted molar refractivity (Wildman–Crippen MR) is 65.7 cm³/mol. The lowest BCUT2D eigenvalue weighted by molar-refractivity contribution is -0.147. The number of esters is 1. The van der Waals surface area contributed by atoms with Crippen LogP contribution >= 0.6 is 11.6 Å². The minimum Gasteiger partial charge on any atom is -0.460 e. The molecule has 0 spiro atoms. The van der Waals surface area contributed by atoms with Gasteiger partial charge in [0.2, 0.25) is 0 Å². The zero-order valence-electron chi connectivity index (χ0n) is 9.69. The van der Waals surface area contributed by atoms with Crippen molar-refractivity contribution >= 4 is 17.6 Å². The van der Waals surface area contributed by atoms with Gasteiger partial charge in [0.1, 0.15) is 12.6 Å². The zero-order chi connectivity index (χ0) is 12.7. The minimum absolute atomic E-state index is 0.138. The fourth-order valence-electron chi connectivity index (χ4n) is 1.23. The van der Waals surface area contributed by atoms with Crippen LogP contribution in [-0.2, 0) is 20.9 Å². The molecule has 0 fully saturated rings. The number of benzene rings is 1. The van der Waals surface area contributed by atoms with E-state index in [0.29, 0.717) is 18.1 Å². The molecule has 17 heavy (non-hydrogen) atoms. The van der Waals surface area contributed by atoms with Crippen LogP contribution in [0.25, 0.3) is 0 Å². The fraction of sp³-hybridized carbons (Fsp3) is 0.417. The third kappa shape index (κ3) is 4.73. The van der Waals surface area contributed by atoms with Crippen LogP contribution in [0.5, 0.6) is 0 Å². The summed E-state index contributed by atoms with van der Waals surface area (Å²) in [6.45, 7) is 0.571. The van der Waals surface area contributed by atoms with Gasteiger partial charge in [-0.15, -0.1) is 0 Å². The Morgan fingerprint density at radius 3 is 2.82 bits per heavy atom. The number of ether oxygens (including phenoxy) is 2. The van der Waals surface area contributed by atoms with Gasteiger partial charge in [-0.2, -0.15) is 0 Å². The Morgan fingerprint density at radius 2 is 2.18 bits per heavy atom. The van der Waals surface area contributed by atoms with Crippen LogP contribution in [0.15, 0.2) is 24.3 Å². The number of methoxy groups -OCH3 is 1. The normalized spacial score (nSPS) is 12.2. The molecule has 0 aliphatic heterocycles. The summed E-state index contributed by atoms with van der Waals surface area (Å²) in [6.07, 6.45) is 0.442. The lowest BCUT2D eigenvalue weighted by Gasteiger charge is -2.11. The maximum atomic E-state index is 11.5. The predicted octanol–water partition coefficient (Wildman–Crippen LogP) is 1.75. The maximum absolute atomic E-state index is 11.5. The van der Waals surface area contributed by atoms with Gasteiger partial charge in [-0.25, -0.2) is 0 Å². The SMILES string of the molecule is COCCC(N)C(=O)OCc1ccccc1Cl. The monoisotopic (exact) mass is 257 g/mol. The van der Waals surface area contributed by atoms with Crippen LogP contribution in [0.1, 0.15) is 12.0 Å². The summed E-state index contributed by atoms with van der Waals surface area (Å²) < 4.78 is 9.90. The number of hydrogen-bond donors (Lipinski definition) is 1. The Morgan fingerprint density at radius 1 is 1.47 bits per heavy atom. The molecule has 1 atom stereocenters. The smallest absolute Gasteiger partial charge is 0.323 e. The summed E-state index contributed by atoms with van der Waals surface area (Å²) in [4.78, 5) is 11.5. The first kappa shape index (κ1) is 14.0. The summed E-state index contributed by atoms with van der Waals surface area (Å²) >= 11 is 5.93. The van der Waals surface area contributed by atoms with Gasteiger partial charge >= 0.3 is 5.97 Å². The first-order chi connectivity index (χ1) is 8.15. The van der Waals surface area contributed by atoms with E-state index in [0.717, 1.165) is 5.56 Å². The van der Waals surface area contributed by atoms with Crippen LogP contribution in [0.3, 0.4) is 0 Å². The first-order valence-electron chi connectivity index (χ1n) is 5.29. The van der Waals surface area contributed by atoms with Crippen molar-refractivity contribution in [3.63, 3.8) is 0 Å². The Bertz CT molecular complexity index is 371. The molecule has 1 rings (SSSR count). The van der Waals surface area contributed by atoms with E-state index >= 15 is 0 Å². The zero-order valence-corrected chi connectivity index (χ0v) is 10.4. The summed E-state index contributed by atoms with van der Waals surface area (Å²) in [6, 6.07) is 6.54. The van der Waals surface area contributed by atoms with Crippen molar-refractivity contribution in [1.29, 1.82) is 0 Å². The van der Waals surface area contributed by atoms with Gasteiger partial charge in [0, 0.05) is 24.3 Å².